The Morgan fingerprint density at radius 2 is 2.10 bits per heavy atom. The van der Waals surface area contributed by atoms with E-state index in [1.807, 2.05) is 18.2 Å². The fourth-order valence-corrected chi connectivity index (χ4v) is 5.19. The number of rotatable bonds is 5. The molecule has 0 spiro atoms. The first kappa shape index (κ1) is 16.3. The molecule has 0 saturated heterocycles. The van der Waals surface area contributed by atoms with E-state index in [4.69, 9.17) is 16.3 Å². The lowest BCUT2D eigenvalue weighted by molar-refractivity contribution is 0.414. The van der Waals surface area contributed by atoms with Gasteiger partial charge < -0.3 is 10.1 Å². The third-order valence-electron chi connectivity index (χ3n) is 2.91. The molecule has 2 rings (SSSR count). The molecule has 1 unspecified atom stereocenters. The highest BCUT2D eigenvalue weighted by Crippen LogP contribution is 2.39. The Balaban J connectivity index is 2.43. The van der Waals surface area contributed by atoms with Crippen molar-refractivity contribution in [2.45, 2.75) is 13.0 Å². The van der Waals surface area contributed by atoms with Gasteiger partial charge in [-0.3, -0.25) is 0 Å². The highest BCUT2D eigenvalue weighted by atomic mass is 79.9. The first-order chi connectivity index (χ1) is 9.56. The van der Waals surface area contributed by atoms with Gasteiger partial charge in [-0.05, 0) is 67.7 Å². The summed E-state index contributed by atoms with van der Waals surface area (Å²) in [6.07, 6.45) is 0. The van der Waals surface area contributed by atoms with Crippen LogP contribution >= 0.6 is 54.8 Å². The van der Waals surface area contributed by atoms with E-state index in [1.54, 1.807) is 18.4 Å². The zero-order valence-electron chi connectivity index (χ0n) is 11.0. The molecule has 0 aliphatic rings. The van der Waals surface area contributed by atoms with E-state index in [9.17, 15) is 0 Å². The van der Waals surface area contributed by atoms with Gasteiger partial charge in [0.05, 0.1) is 25.7 Å². The van der Waals surface area contributed by atoms with Crippen LogP contribution in [0.3, 0.4) is 0 Å². The zero-order valence-corrected chi connectivity index (χ0v) is 15.8. The van der Waals surface area contributed by atoms with Crippen molar-refractivity contribution in [2.75, 3.05) is 13.7 Å². The lowest BCUT2D eigenvalue weighted by Gasteiger charge is -2.19. The van der Waals surface area contributed by atoms with Gasteiger partial charge in [-0.25, -0.2) is 0 Å². The summed E-state index contributed by atoms with van der Waals surface area (Å²) in [6, 6.07) is 8.11. The fraction of sp³-hybridized carbons (Fsp3) is 0.286. The number of hydrogen-bond acceptors (Lipinski definition) is 3. The van der Waals surface area contributed by atoms with Crippen molar-refractivity contribution in [3.05, 3.63) is 48.0 Å². The van der Waals surface area contributed by atoms with E-state index in [1.165, 1.54) is 5.56 Å². The molecule has 0 amide bonds. The van der Waals surface area contributed by atoms with E-state index in [2.05, 4.69) is 50.2 Å². The van der Waals surface area contributed by atoms with Crippen LogP contribution < -0.4 is 10.1 Å². The predicted molar refractivity (Wildman–Crippen MR) is 93.2 cm³/mol. The predicted octanol–water partition coefficient (Wildman–Crippen LogP) is 5.63. The second-order valence-electron chi connectivity index (χ2n) is 4.16. The Bertz CT molecular complexity index is 603. The van der Waals surface area contributed by atoms with E-state index in [0.29, 0.717) is 10.8 Å². The quantitative estimate of drug-likeness (QED) is 0.652. The third kappa shape index (κ3) is 3.57. The van der Waals surface area contributed by atoms with Gasteiger partial charge in [0.2, 0.25) is 0 Å². The molecule has 20 heavy (non-hydrogen) atoms. The molecule has 2 nitrogen and oxygen atoms in total. The molecule has 1 heterocycles. The van der Waals surface area contributed by atoms with E-state index >= 15 is 0 Å². The van der Waals surface area contributed by atoms with Gasteiger partial charge in [0.25, 0.3) is 0 Å². The number of thiophene rings is 1. The number of methoxy groups -OCH3 is 1. The minimum Gasteiger partial charge on any atom is -0.495 e. The van der Waals surface area contributed by atoms with Crippen molar-refractivity contribution < 1.29 is 4.74 Å². The minimum absolute atomic E-state index is 0.0975. The number of hydrogen-bond donors (Lipinski definition) is 1. The van der Waals surface area contributed by atoms with Crippen LogP contribution in [-0.4, -0.2) is 13.7 Å². The Hall–Kier alpha value is -0.0700. The molecule has 1 N–H and O–H groups in total. The summed E-state index contributed by atoms with van der Waals surface area (Å²) < 4.78 is 7.42. The summed E-state index contributed by atoms with van der Waals surface area (Å²) in [7, 11) is 1.62. The Morgan fingerprint density at radius 3 is 2.60 bits per heavy atom. The van der Waals surface area contributed by atoms with Gasteiger partial charge in [0, 0.05) is 0 Å². The van der Waals surface area contributed by atoms with Gasteiger partial charge >= 0.3 is 0 Å². The molecule has 0 saturated carbocycles. The van der Waals surface area contributed by atoms with Crippen molar-refractivity contribution in [3.63, 3.8) is 0 Å². The topological polar surface area (TPSA) is 21.3 Å². The minimum atomic E-state index is 0.0975. The smallest absolute Gasteiger partial charge is 0.137 e. The maximum Gasteiger partial charge on any atom is 0.137 e. The van der Waals surface area contributed by atoms with Gasteiger partial charge in [-0.2, -0.15) is 0 Å². The largest absolute Gasteiger partial charge is 0.495 e. The molecule has 6 heteroatoms. The number of benzene rings is 1. The summed E-state index contributed by atoms with van der Waals surface area (Å²) in [4.78, 5) is 0. The monoisotopic (exact) mass is 437 g/mol. The standard InChI is InChI=1S/C14H14Br2ClNOS/c1-3-18-13(9-7-12(15)20-14(9)16)8-4-5-11(19-2)10(17)6-8/h4-7,13,18H,3H2,1-2H3. The van der Waals surface area contributed by atoms with Crippen LogP contribution in [0.4, 0.5) is 0 Å². The average molecular weight is 440 g/mol. The highest BCUT2D eigenvalue weighted by Gasteiger charge is 2.19. The summed E-state index contributed by atoms with van der Waals surface area (Å²) in [5.41, 5.74) is 2.31. The van der Waals surface area contributed by atoms with Gasteiger partial charge in [-0.15, -0.1) is 11.3 Å². The zero-order chi connectivity index (χ0) is 14.7. The second kappa shape index (κ2) is 7.27. The van der Waals surface area contributed by atoms with Gasteiger partial charge in [0.1, 0.15) is 5.75 Å². The normalized spacial score (nSPS) is 12.4. The summed E-state index contributed by atoms with van der Waals surface area (Å²) >= 11 is 15.1. The van der Waals surface area contributed by atoms with Crippen molar-refractivity contribution >= 4 is 54.8 Å². The molecule has 1 aromatic heterocycles. The van der Waals surface area contributed by atoms with Crippen LogP contribution in [-0.2, 0) is 0 Å². The molecule has 0 fully saturated rings. The Morgan fingerprint density at radius 1 is 1.35 bits per heavy atom. The Labute approximate surface area is 144 Å². The van der Waals surface area contributed by atoms with Crippen molar-refractivity contribution in [1.29, 1.82) is 0 Å². The summed E-state index contributed by atoms with van der Waals surface area (Å²) in [5.74, 6) is 0.691. The first-order valence-electron chi connectivity index (χ1n) is 6.08. The number of halogens is 3. The number of ether oxygens (including phenoxy) is 1. The fourth-order valence-electron chi connectivity index (χ4n) is 2.02. The average Bonchev–Trinajstić information content (AvgIpc) is 2.74. The van der Waals surface area contributed by atoms with E-state index in [-0.39, 0.29) is 6.04 Å². The van der Waals surface area contributed by atoms with Crippen LogP contribution in [0, 0.1) is 0 Å². The van der Waals surface area contributed by atoms with Crippen molar-refractivity contribution in [1.82, 2.24) is 5.32 Å². The maximum atomic E-state index is 6.24. The summed E-state index contributed by atoms with van der Waals surface area (Å²) in [5, 5.41) is 4.11. The highest BCUT2D eigenvalue weighted by molar-refractivity contribution is 9.12. The van der Waals surface area contributed by atoms with Crippen LogP contribution in [0.15, 0.2) is 31.8 Å². The summed E-state index contributed by atoms with van der Waals surface area (Å²) in [6.45, 7) is 2.96. The third-order valence-corrected chi connectivity index (χ3v) is 5.59. The molecule has 0 aliphatic carbocycles. The van der Waals surface area contributed by atoms with Crippen molar-refractivity contribution in [2.24, 2.45) is 0 Å². The second-order valence-corrected chi connectivity index (χ2v) is 8.32. The molecule has 108 valence electrons. The Kier molecular flexibility index (Phi) is 5.93. The van der Waals surface area contributed by atoms with Crippen molar-refractivity contribution in [3.8, 4) is 5.75 Å². The van der Waals surface area contributed by atoms with Gasteiger partial charge in [-0.1, -0.05) is 24.6 Å². The van der Waals surface area contributed by atoms with Crippen LogP contribution in [0.2, 0.25) is 5.02 Å². The molecule has 0 aliphatic heterocycles. The van der Waals surface area contributed by atoms with Gasteiger partial charge in [0.15, 0.2) is 0 Å². The van der Waals surface area contributed by atoms with Crippen LogP contribution in [0.25, 0.3) is 0 Å². The molecular weight excluding hydrogens is 425 g/mol. The number of nitrogens with one attached hydrogen (secondary N) is 1. The molecular formula is C14H14Br2ClNOS. The molecule has 0 radical (unpaired) electrons. The molecule has 0 bridgehead atoms. The lowest BCUT2D eigenvalue weighted by atomic mass is 10.0. The SMILES string of the molecule is CCNC(c1ccc(OC)c(Cl)c1)c1cc(Br)sc1Br. The maximum absolute atomic E-state index is 6.24. The molecule has 1 aromatic carbocycles. The molecule has 2 aromatic rings. The van der Waals surface area contributed by atoms with Crippen LogP contribution in [0.1, 0.15) is 24.1 Å². The first-order valence-corrected chi connectivity index (χ1v) is 8.86. The molecule has 1 atom stereocenters. The van der Waals surface area contributed by atoms with E-state index < -0.39 is 0 Å². The van der Waals surface area contributed by atoms with E-state index in [0.717, 1.165) is 19.7 Å². The lowest BCUT2D eigenvalue weighted by Crippen LogP contribution is -2.21. The van der Waals surface area contributed by atoms with Crippen LogP contribution in [0.5, 0.6) is 5.75 Å².